The number of aromatic amines is 1. The van der Waals surface area contributed by atoms with Crippen LogP contribution in [-0.2, 0) is 17.8 Å². The van der Waals surface area contributed by atoms with E-state index in [0.29, 0.717) is 64.9 Å². The molecule has 2 aromatic heterocycles. The maximum atomic E-state index is 12.6. The van der Waals surface area contributed by atoms with Crippen LogP contribution in [0.25, 0.3) is 10.9 Å². The van der Waals surface area contributed by atoms with Crippen molar-refractivity contribution in [2.24, 2.45) is 0 Å². The van der Waals surface area contributed by atoms with E-state index in [2.05, 4.69) is 9.97 Å². The molecule has 0 bridgehead atoms. The molecule has 30 heavy (non-hydrogen) atoms. The van der Waals surface area contributed by atoms with Gasteiger partial charge in [-0.15, -0.1) is 0 Å². The number of aromatic nitrogens is 2. The molecular formula is C21H25N3O6. The molecule has 0 saturated carbocycles. The number of nitrogens with one attached hydrogen (secondary N) is 1. The highest BCUT2D eigenvalue weighted by Crippen LogP contribution is 2.30. The van der Waals surface area contributed by atoms with Gasteiger partial charge in [0.15, 0.2) is 11.5 Å². The summed E-state index contributed by atoms with van der Waals surface area (Å²) in [6, 6.07) is 4.97. The zero-order valence-electron chi connectivity index (χ0n) is 17.7. The number of hydrogen-bond donors (Lipinski definition) is 1. The third-order valence-electron chi connectivity index (χ3n) is 4.83. The van der Waals surface area contributed by atoms with Crippen LogP contribution in [0.1, 0.15) is 34.6 Å². The Kier molecular flexibility index (Phi) is 6.41. The number of esters is 1. The molecule has 3 rings (SSSR count). The Balaban J connectivity index is 1.86. The summed E-state index contributed by atoms with van der Waals surface area (Å²) in [5.74, 6) is 2.18. The van der Waals surface area contributed by atoms with E-state index in [0.717, 1.165) is 0 Å². The number of carbonyl (C=O) groups excluding carboxylic acids is 1. The number of fused-ring (bicyclic) bond motifs is 1. The summed E-state index contributed by atoms with van der Waals surface area (Å²) >= 11 is 0. The molecule has 9 nitrogen and oxygen atoms in total. The van der Waals surface area contributed by atoms with E-state index in [9.17, 15) is 9.59 Å². The highest BCUT2D eigenvalue weighted by Gasteiger charge is 2.18. The predicted molar refractivity (Wildman–Crippen MR) is 110 cm³/mol. The van der Waals surface area contributed by atoms with Gasteiger partial charge in [0.1, 0.15) is 22.9 Å². The Morgan fingerprint density at radius 3 is 2.47 bits per heavy atom. The van der Waals surface area contributed by atoms with Crippen molar-refractivity contribution in [2.75, 3.05) is 27.9 Å². The number of methoxy groups -OCH3 is 3. The van der Waals surface area contributed by atoms with Crippen LogP contribution in [0.15, 0.2) is 27.4 Å². The molecule has 0 aliphatic heterocycles. The average Bonchev–Trinajstić information content (AvgIpc) is 3.11. The number of furan rings is 1. The molecule has 0 amide bonds. The third-order valence-corrected chi connectivity index (χ3v) is 4.83. The van der Waals surface area contributed by atoms with Gasteiger partial charge >= 0.3 is 5.97 Å². The second-order valence-corrected chi connectivity index (χ2v) is 6.71. The number of rotatable bonds is 8. The second-order valence-electron chi connectivity index (χ2n) is 6.71. The minimum Gasteiger partial charge on any atom is -0.493 e. The van der Waals surface area contributed by atoms with Crippen molar-refractivity contribution < 1.29 is 23.4 Å². The summed E-state index contributed by atoms with van der Waals surface area (Å²) in [5, 5.41) is 0.420. The number of carbonyl (C=O) groups is 1. The van der Waals surface area contributed by atoms with Gasteiger partial charge in [-0.05, 0) is 25.6 Å². The van der Waals surface area contributed by atoms with Gasteiger partial charge in [-0.1, -0.05) is 6.92 Å². The van der Waals surface area contributed by atoms with Crippen LogP contribution >= 0.6 is 0 Å². The van der Waals surface area contributed by atoms with Crippen LogP contribution in [0.5, 0.6) is 11.5 Å². The quantitative estimate of drug-likeness (QED) is 0.560. The van der Waals surface area contributed by atoms with E-state index < -0.39 is 5.97 Å². The van der Waals surface area contributed by atoms with E-state index >= 15 is 0 Å². The molecule has 0 aliphatic rings. The molecule has 0 aliphatic carbocycles. The summed E-state index contributed by atoms with van der Waals surface area (Å²) in [4.78, 5) is 33.8. The fraction of sp³-hybridized carbons (Fsp3) is 0.381. The van der Waals surface area contributed by atoms with Crippen LogP contribution in [0.3, 0.4) is 0 Å². The molecule has 3 aromatic rings. The number of H-pyrrole nitrogens is 1. The smallest absolute Gasteiger partial charge is 0.341 e. The summed E-state index contributed by atoms with van der Waals surface area (Å²) in [7, 11) is 4.38. The monoisotopic (exact) mass is 415 g/mol. The SMILES string of the molecule is CCN(Cc1nc2cc(OC)c(OC)cc2c(=O)[nH]1)Cc1cc(C(=O)OC)c(C)o1. The zero-order valence-corrected chi connectivity index (χ0v) is 17.7. The number of nitrogens with zero attached hydrogens (tertiary/aromatic N) is 2. The number of benzene rings is 1. The first-order valence-corrected chi connectivity index (χ1v) is 9.45. The standard InChI is InChI=1S/C21H25N3O6/c1-6-24(10-13-7-14(12(2)30-13)21(26)29-5)11-19-22-16-9-18(28-4)17(27-3)8-15(16)20(25)23-19/h7-9H,6,10-11H2,1-5H3,(H,22,23,25). The summed E-state index contributed by atoms with van der Waals surface area (Å²) < 4.78 is 21.0. The molecule has 0 saturated heterocycles. The fourth-order valence-electron chi connectivity index (χ4n) is 3.24. The maximum Gasteiger partial charge on any atom is 0.341 e. The highest BCUT2D eigenvalue weighted by molar-refractivity contribution is 5.90. The Hall–Kier alpha value is -3.33. The number of aryl methyl sites for hydroxylation is 1. The van der Waals surface area contributed by atoms with Gasteiger partial charge in [0.05, 0.1) is 45.3 Å². The molecule has 0 spiro atoms. The van der Waals surface area contributed by atoms with Crippen molar-refractivity contribution in [3.05, 3.63) is 51.5 Å². The van der Waals surface area contributed by atoms with Crippen LogP contribution in [0.4, 0.5) is 0 Å². The topological polar surface area (TPSA) is 107 Å². The summed E-state index contributed by atoms with van der Waals surface area (Å²) in [6.07, 6.45) is 0. The second kappa shape index (κ2) is 9.00. The van der Waals surface area contributed by atoms with E-state index in [1.165, 1.54) is 21.3 Å². The van der Waals surface area contributed by atoms with E-state index in [4.69, 9.17) is 18.6 Å². The van der Waals surface area contributed by atoms with Crippen molar-refractivity contribution in [1.29, 1.82) is 0 Å². The lowest BCUT2D eigenvalue weighted by Crippen LogP contribution is -2.25. The Morgan fingerprint density at radius 1 is 1.13 bits per heavy atom. The third kappa shape index (κ3) is 4.30. The van der Waals surface area contributed by atoms with Gasteiger partial charge in [-0.25, -0.2) is 9.78 Å². The van der Waals surface area contributed by atoms with Gasteiger partial charge in [-0.3, -0.25) is 9.69 Å². The van der Waals surface area contributed by atoms with Crippen LogP contribution in [0, 0.1) is 6.92 Å². The van der Waals surface area contributed by atoms with Gasteiger partial charge in [-0.2, -0.15) is 0 Å². The Morgan fingerprint density at radius 2 is 1.83 bits per heavy atom. The molecule has 0 atom stereocenters. The molecular weight excluding hydrogens is 390 g/mol. The molecule has 1 aromatic carbocycles. The normalized spacial score (nSPS) is 11.1. The summed E-state index contributed by atoms with van der Waals surface area (Å²) in [5.41, 5.74) is 0.667. The fourth-order valence-corrected chi connectivity index (χ4v) is 3.24. The predicted octanol–water partition coefficient (Wildman–Crippen LogP) is 2.65. The summed E-state index contributed by atoms with van der Waals surface area (Å²) in [6.45, 7) is 5.23. The van der Waals surface area contributed by atoms with Gasteiger partial charge < -0.3 is 23.6 Å². The van der Waals surface area contributed by atoms with Crippen LogP contribution < -0.4 is 15.0 Å². The van der Waals surface area contributed by atoms with Crippen molar-refractivity contribution in [1.82, 2.24) is 14.9 Å². The average molecular weight is 415 g/mol. The number of ether oxygens (including phenoxy) is 3. The zero-order chi connectivity index (χ0) is 21.8. The van der Waals surface area contributed by atoms with E-state index in [1.807, 2.05) is 11.8 Å². The van der Waals surface area contributed by atoms with E-state index in [-0.39, 0.29) is 5.56 Å². The Labute approximate surface area is 173 Å². The van der Waals surface area contributed by atoms with Gasteiger partial charge in [0.25, 0.3) is 5.56 Å². The lowest BCUT2D eigenvalue weighted by molar-refractivity contribution is 0.0599. The molecule has 9 heteroatoms. The van der Waals surface area contributed by atoms with E-state index in [1.54, 1.807) is 25.1 Å². The highest BCUT2D eigenvalue weighted by atomic mass is 16.5. The largest absolute Gasteiger partial charge is 0.493 e. The molecule has 0 radical (unpaired) electrons. The first kappa shape index (κ1) is 21.4. The minimum absolute atomic E-state index is 0.256. The molecule has 2 heterocycles. The van der Waals surface area contributed by atoms with Crippen LogP contribution in [-0.4, -0.2) is 48.7 Å². The van der Waals surface area contributed by atoms with Gasteiger partial charge in [0, 0.05) is 6.07 Å². The maximum absolute atomic E-state index is 12.6. The lowest BCUT2D eigenvalue weighted by atomic mass is 10.2. The first-order valence-electron chi connectivity index (χ1n) is 9.45. The molecule has 0 unspecified atom stereocenters. The molecule has 1 N–H and O–H groups in total. The van der Waals surface area contributed by atoms with Crippen molar-refractivity contribution in [2.45, 2.75) is 26.9 Å². The Bertz CT molecular complexity index is 1120. The van der Waals surface area contributed by atoms with Crippen molar-refractivity contribution in [3.8, 4) is 11.5 Å². The van der Waals surface area contributed by atoms with Crippen molar-refractivity contribution in [3.63, 3.8) is 0 Å². The minimum atomic E-state index is -0.435. The van der Waals surface area contributed by atoms with Crippen molar-refractivity contribution >= 4 is 16.9 Å². The first-order chi connectivity index (χ1) is 14.4. The lowest BCUT2D eigenvalue weighted by Gasteiger charge is -2.18. The van der Waals surface area contributed by atoms with Crippen LogP contribution in [0.2, 0.25) is 0 Å². The molecule has 0 fully saturated rings. The number of hydrogen-bond acceptors (Lipinski definition) is 8. The molecule has 160 valence electrons. The van der Waals surface area contributed by atoms with Gasteiger partial charge in [0.2, 0.25) is 0 Å².